The zero-order valence-electron chi connectivity index (χ0n) is 21.0. The van der Waals surface area contributed by atoms with Crippen molar-refractivity contribution in [2.45, 2.75) is 45.4 Å². The van der Waals surface area contributed by atoms with Crippen molar-refractivity contribution in [2.75, 3.05) is 24.7 Å². The molecule has 36 heavy (non-hydrogen) atoms. The fourth-order valence-electron chi connectivity index (χ4n) is 5.00. The number of aromatic hydroxyl groups is 1. The molecular weight excluding hydrogens is 474 g/mol. The number of nitrogens with one attached hydrogen (secondary N) is 1. The van der Waals surface area contributed by atoms with Gasteiger partial charge in [0.1, 0.15) is 6.61 Å². The van der Waals surface area contributed by atoms with E-state index in [9.17, 15) is 14.7 Å². The number of hydrogen-bond acceptors (Lipinski definition) is 7. The molecule has 2 aromatic carbocycles. The first-order valence-corrected chi connectivity index (χ1v) is 13.6. The lowest BCUT2D eigenvalue weighted by Gasteiger charge is -2.36. The summed E-state index contributed by atoms with van der Waals surface area (Å²) in [6, 6.07) is 15.1. The highest BCUT2D eigenvalue weighted by molar-refractivity contribution is 7.99. The third-order valence-corrected chi connectivity index (χ3v) is 7.46. The van der Waals surface area contributed by atoms with Crippen LogP contribution in [0.5, 0.6) is 11.5 Å². The summed E-state index contributed by atoms with van der Waals surface area (Å²) in [5.74, 6) is 1.05. The Morgan fingerprint density at radius 1 is 1.11 bits per heavy atom. The average Bonchev–Trinajstić information content (AvgIpc) is 2.87. The van der Waals surface area contributed by atoms with Crippen LogP contribution in [0.1, 0.15) is 56.6 Å². The summed E-state index contributed by atoms with van der Waals surface area (Å²) in [4.78, 5) is 27.0. The number of esters is 1. The van der Waals surface area contributed by atoms with E-state index in [4.69, 9.17) is 9.47 Å². The third kappa shape index (κ3) is 5.46. The number of ketones is 1. The zero-order chi connectivity index (χ0) is 25.7. The second-order valence-corrected chi connectivity index (χ2v) is 10.3. The van der Waals surface area contributed by atoms with Crippen LogP contribution in [0, 0.1) is 0 Å². The van der Waals surface area contributed by atoms with Gasteiger partial charge in [-0.25, -0.2) is 4.79 Å². The van der Waals surface area contributed by atoms with E-state index < -0.39 is 11.9 Å². The number of rotatable bonds is 9. The lowest BCUT2D eigenvalue weighted by atomic mass is 9.71. The summed E-state index contributed by atoms with van der Waals surface area (Å²) in [5, 5.41) is 13.7. The summed E-state index contributed by atoms with van der Waals surface area (Å²) in [6.45, 7) is 6.44. The molecule has 190 valence electrons. The largest absolute Gasteiger partial charge is 0.504 e. The zero-order valence-corrected chi connectivity index (χ0v) is 21.8. The normalized spacial score (nSPS) is 19.6. The fourth-order valence-corrected chi connectivity index (χ4v) is 5.49. The number of carbonyl (C=O) groups is 2. The number of ether oxygens (including phenoxy) is 2. The molecule has 0 radical (unpaired) electrons. The highest BCUT2D eigenvalue weighted by Gasteiger charge is 2.41. The van der Waals surface area contributed by atoms with Crippen LogP contribution in [0.25, 0.3) is 0 Å². The van der Waals surface area contributed by atoms with Crippen LogP contribution in [-0.4, -0.2) is 41.6 Å². The molecule has 1 heterocycles. The fraction of sp³-hybridized carbons (Fsp3) is 0.379. The second-order valence-electron chi connectivity index (χ2n) is 8.92. The Morgan fingerprint density at radius 2 is 1.89 bits per heavy atom. The van der Waals surface area contributed by atoms with Crippen LogP contribution in [0.4, 0.5) is 0 Å². The minimum absolute atomic E-state index is 0.00739. The second kappa shape index (κ2) is 11.7. The average molecular weight is 508 g/mol. The number of dihydropyridines is 1. The van der Waals surface area contributed by atoms with E-state index in [1.807, 2.05) is 32.0 Å². The van der Waals surface area contributed by atoms with E-state index in [-0.39, 0.29) is 17.5 Å². The smallest absolute Gasteiger partial charge is 0.336 e. The Balaban J connectivity index is 1.75. The van der Waals surface area contributed by atoms with Crippen molar-refractivity contribution in [2.24, 2.45) is 0 Å². The molecule has 2 aliphatic rings. The van der Waals surface area contributed by atoms with Crippen LogP contribution in [0.15, 0.2) is 71.1 Å². The number of carbonyl (C=O) groups excluding carboxylic acids is 2. The van der Waals surface area contributed by atoms with E-state index in [2.05, 4.69) is 24.4 Å². The molecule has 7 heteroatoms. The summed E-state index contributed by atoms with van der Waals surface area (Å²) in [6.07, 6.45) is 1.04. The maximum absolute atomic E-state index is 13.7. The van der Waals surface area contributed by atoms with Gasteiger partial charge >= 0.3 is 5.97 Å². The maximum Gasteiger partial charge on any atom is 0.336 e. The van der Waals surface area contributed by atoms with Crippen LogP contribution in [0.3, 0.4) is 0 Å². The minimum Gasteiger partial charge on any atom is -0.504 e. The molecule has 0 fully saturated rings. The molecule has 0 aromatic heterocycles. The summed E-state index contributed by atoms with van der Waals surface area (Å²) in [5.41, 5.74) is 4.38. The van der Waals surface area contributed by atoms with Crippen molar-refractivity contribution in [1.29, 1.82) is 0 Å². The van der Waals surface area contributed by atoms with Crippen molar-refractivity contribution in [1.82, 2.24) is 5.32 Å². The van der Waals surface area contributed by atoms with Gasteiger partial charge in [-0.1, -0.05) is 43.3 Å². The number of Topliss-reactive ketones (excluding diaryl/α,β-unsaturated/α-hetero) is 1. The Labute approximate surface area is 216 Å². The van der Waals surface area contributed by atoms with Crippen molar-refractivity contribution < 1.29 is 24.2 Å². The SMILES string of the molecule is CCOc1cc([C@@H]2C(C(=O)OCCSCC)=C(C)NC3=C2C(=O)C[C@H](c2ccccc2)C3)ccc1O. The van der Waals surface area contributed by atoms with Gasteiger partial charge < -0.3 is 19.9 Å². The molecule has 2 atom stereocenters. The molecule has 0 spiro atoms. The van der Waals surface area contributed by atoms with E-state index in [0.29, 0.717) is 60.0 Å². The summed E-state index contributed by atoms with van der Waals surface area (Å²) < 4.78 is 11.3. The predicted molar refractivity (Wildman–Crippen MR) is 142 cm³/mol. The number of phenolic OH excluding ortho intramolecular Hbond substituents is 1. The standard InChI is InChI=1S/C29H33NO5S/c1-4-34-25-17-20(11-12-23(25)31)27-26(29(33)35-13-14-36-5-2)18(3)30-22-15-21(16-24(32)28(22)27)19-9-7-6-8-10-19/h6-12,17,21,27,30-31H,4-5,13-16H2,1-3H3/t21-,27-/m1/s1. The van der Waals surface area contributed by atoms with Gasteiger partial charge in [-0.3, -0.25) is 4.79 Å². The maximum atomic E-state index is 13.7. The molecule has 0 saturated heterocycles. The lowest BCUT2D eigenvalue weighted by molar-refractivity contribution is -0.138. The number of hydrogen-bond donors (Lipinski definition) is 2. The van der Waals surface area contributed by atoms with Crippen molar-refractivity contribution in [3.05, 3.63) is 82.2 Å². The Kier molecular flexibility index (Phi) is 8.41. The monoisotopic (exact) mass is 507 g/mol. The van der Waals surface area contributed by atoms with Crippen molar-refractivity contribution in [3.8, 4) is 11.5 Å². The van der Waals surface area contributed by atoms with Gasteiger partial charge in [0.05, 0.1) is 12.2 Å². The Hall–Kier alpha value is -3.19. The number of allylic oxidation sites excluding steroid dienone is 3. The van der Waals surface area contributed by atoms with E-state index in [1.165, 1.54) is 0 Å². The number of thioether (sulfide) groups is 1. The minimum atomic E-state index is -0.600. The van der Waals surface area contributed by atoms with Gasteiger partial charge in [-0.2, -0.15) is 11.8 Å². The first kappa shape index (κ1) is 25.9. The molecule has 2 N–H and O–H groups in total. The molecule has 4 rings (SSSR count). The molecule has 0 bridgehead atoms. The highest BCUT2D eigenvalue weighted by Crippen LogP contribution is 2.46. The quantitative estimate of drug-likeness (QED) is 0.345. The molecule has 1 aliphatic carbocycles. The van der Waals surface area contributed by atoms with Crippen LogP contribution < -0.4 is 10.1 Å². The van der Waals surface area contributed by atoms with Crippen LogP contribution in [-0.2, 0) is 14.3 Å². The molecule has 2 aromatic rings. The van der Waals surface area contributed by atoms with E-state index in [0.717, 1.165) is 17.0 Å². The van der Waals surface area contributed by atoms with E-state index in [1.54, 1.807) is 30.0 Å². The predicted octanol–water partition coefficient (Wildman–Crippen LogP) is 5.45. The topological polar surface area (TPSA) is 84.9 Å². The molecule has 0 saturated carbocycles. The van der Waals surface area contributed by atoms with E-state index >= 15 is 0 Å². The van der Waals surface area contributed by atoms with Crippen molar-refractivity contribution >= 4 is 23.5 Å². The molecule has 0 unspecified atom stereocenters. The molecule has 6 nitrogen and oxygen atoms in total. The number of phenols is 1. The van der Waals surface area contributed by atoms with Crippen molar-refractivity contribution in [3.63, 3.8) is 0 Å². The summed E-state index contributed by atoms with van der Waals surface area (Å²) in [7, 11) is 0. The number of benzene rings is 2. The third-order valence-electron chi connectivity index (χ3n) is 6.60. The van der Waals surface area contributed by atoms with Gasteiger partial charge in [0, 0.05) is 35.1 Å². The first-order chi connectivity index (χ1) is 17.4. The Bertz CT molecular complexity index is 1190. The van der Waals surface area contributed by atoms with Gasteiger partial charge in [0.25, 0.3) is 0 Å². The van der Waals surface area contributed by atoms with Crippen LogP contribution >= 0.6 is 11.8 Å². The molecule has 1 aliphatic heterocycles. The Morgan fingerprint density at radius 3 is 2.61 bits per heavy atom. The van der Waals surface area contributed by atoms with Gasteiger partial charge in [-0.15, -0.1) is 0 Å². The molecule has 0 amide bonds. The van der Waals surface area contributed by atoms with Crippen LogP contribution in [0.2, 0.25) is 0 Å². The van der Waals surface area contributed by atoms with Gasteiger partial charge in [-0.05, 0) is 55.2 Å². The highest BCUT2D eigenvalue weighted by atomic mass is 32.2. The summed E-state index contributed by atoms with van der Waals surface area (Å²) >= 11 is 1.70. The van der Waals surface area contributed by atoms with Gasteiger partial charge in [0.15, 0.2) is 17.3 Å². The first-order valence-electron chi connectivity index (χ1n) is 12.4. The van der Waals surface area contributed by atoms with Gasteiger partial charge in [0.2, 0.25) is 0 Å². The lowest BCUT2D eigenvalue weighted by Crippen LogP contribution is -2.36. The molecular formula is C29H33NO5S.